The molecule has 3 rings (SSSR count). The molecule has 1 nitrogen and oxygen atoms in total. The summed E-state index contributed by atoms with van der Waals surface area (Å²) in [5.41, 5.74) is 7.84. The Balaban J connectivity index is 2.22. The van der Waals surface area contributed by atoms with Gasteiger partial charge in [-0.1, -0.05) is 6.07 Å². The van der Waals surface area contributed by atoms with Gasteiger partial charge in [0.25, 0.3) is 0 Å². The van der Waals surface area contributed by atoms with Crippen molar-refractivity contribution >= 4 is 5.69 Å². The lowest BCUT2D eigenvalue weighted by molar-refractivity contribution is 0.818. The van der Waals surface area contributed by atoms with Gasteiger partial charge in [-0.25, -0.2) is 0 Å². The number of nitrogens with one attached hydrogen (secondary N) is 1. The molecule has 0 aromatic heterocycles. The number of aryl methyl sites for hydroxylation is 2. The first-order chi connectivity index (χ1) is 6.86. The fourth-order valence-corrected chi connectivity index (χ4v) is 2.95. The molecule has 0 atom stereocenters. The third-order valence-corrected chi connectivity index (χ3v) is 3.64. The van der Waals surface area contributed by atoms with E-state index in [1.165, 1.54) is 49.9 Å². The summed E-state index contributed by atoms with van der Waals surface area (Å²) in [5.74, 6) is 0. The molecule has 0 unspecified atom stereocenters. The van der Waals surface area contributed by atoms with Gasteiger partial charge in [0.1, 0.15) is 0 Å². The molecule has 0 saturated carbocycles. The van der Waals surface area contributed by atoms with Crippen molar-refractivity contribution in [2.45, 2.75) is 39.0 Å². The number of hydrogen-bond donors (Lipinski definition) is 1. The lowest BCUT2D eigenvalue weighted by Gasteiger charge is -2.23. The molecule has 1 aliphatic heterocycles. The Morgan fingerprint density at radius 2 is 1.93 bits per heavy atom. The van der Waals surface area contributed by atoms with Crippen molar-refractivity contribution in [3.05, 3.63) is 28.3 Å². The molecule has 0 fully saturated rings. The van der Waals surface area contributed by atoms with Crippen molar-refractivity contribution in [2.24, 2.45) is 0 Å². The van der Waals surface area contributed by atoms with Gasteiger partial charge >= 0.3 is 0 Å². The smallest absolute Gasteiger partial charge is 0.0410 e. The van der Waals surface area contributed by atoms with Crippen LogP contribution in [0.5, 0.6) is 0 Å². The monoisotopic (exact) mass is 187 g/mol. The van der Waals surface area contributed by atoms with Gasteiger partial charge in [-0.2, -0.15) is 0 Å². The van der Waals surface area contributed by atoms with E-state index in [0.717, 1.165) is 0 Å². The molecular weight excluding hydrogens is 170 g/mol. The highest BCUT2D eigenvalue weighted by Crippen LogP contribution is 2.36. The van der Waals surface area contributed by atoms with E-state index >= 15 is 0 Å². The van der Waals surface area contributed by atoms with Crippen molar-refractivity contribution in [1.82, 2.24) is 0 Å². The van der Waals surface area contributed by atoms with E-state index in [4.69, 9.17) is 0 Å². The Labute approximate surface area is 85.5 Å². The minimum atomic E-state index is 1.17. The van der Waals surface area contributed by atoms with E-state index in [2.05, 4.69) is 18.3 Å². The van der Waals surface area contributed by atoms with Crippen molar-refractivity contribution in [3.8, 4) is 0 Å². The maximum atomic E-state index is 3.60. The Kier molecular flexibility index (Phi) is 1.79. The predicted octanol–water partition coefficient (Wildman–Crippen LogP) is 2.84. The molecule has 1 N–H and O–H groups in total. The van der Waals surface area contributed by atoms with Crippen LogP contribution in [0.25, 0.3) is 0 Å². The maximum absolute atomic E-state index is 3.60. The van der Waals surface area contributed by atoms with Crippen molar-refractivity contribution in [2.75, 3.05) is 11.9 Å². The maximum Gasteiger partial charge on any atom is 0.0410 e. The SMILES string of the molecule is Cc1cc2c(c3c1CCCN3)CCC2. The van der Waals surface area contributed by atoms with Crippen LogP contribution >= 0.6 is 0 Å². The molecule has 1 aromatic rings. The van der Waals surface area contributed by atoms with Crippen LogP contribution < -0.4 is 5.32 Å². The van der Waals surface area contributed by atoms with Gasteiger partial charge in [0, 0.05) is 12.2 Å². The molecule has 1 heteroatoms. The van der Waals surface area contributed by atoms with Crippen LogP contribution in [0, 0.1) is 6.92 Å². The minimum absolute atomic E-state index is 1.17. The molecule has 0 amide bonds. The molecule has 1 aliphatic carbocycles. The van der Waals surface area contributed by atoms with E-state index < -0.39 is 0 Å². The second-order valence-electron chi connectivity index (χ2n) is 4.57. The largest absolute Gasteiger partial charge is 0.385 e. The standard InChI is InChI=1S/C13H17N/c1-9-8-10-4-2-5-12(10)13-11(9)6-3-7-14-13/h8,14H,2-7H2,1H3. The van der Waals surface area contributed by atoms with E-state index in [0.29, 0.717) is 0 Å². The fraction of sp³-hybridized carbons (Fsp3) is 0.538. The van der Waals surface area contributed by atoms with E-state index in [1.54, 1.807) is 16.7 Å². The number of rotatable bonds is 0. The molecule has 74 valence electrons. The van der Waals surface area contributed by atoms with Crippen LogP contribution in [-0.4, -0.2) is 6.54 Å². The Bertz CT molecular complexity index is 376. The van der Waals surface area contributed by atoms with Gasteiger partial charge in [0.05, 0.1) is 0 Å². The highest BCUT2D eigenvalue weighted by molar-refractivity contribution is 5.65. The van der Waals surface area contributed by atoms with Gasteiger partial charge in [-0.3, -0.25) is 0 Å². The van der Waals surface area contributed by atoms with Crippen molar-refractivity contribution in [1.29, 1.82) is 0 Å². The third-order valence-electron chi connectivity index (χ3n) is 3.64. The quantitative estimate of drug-likeness (QED) is 0.658. The van der Waals surface area contributed by atoms with Crippen molar-refractivity contribution in [3.63, 3.8) is 0 Å². The summed E-state index contributed by atoms with van der Waals surface area (Å²) in [6, 6.07) is 2.42. The van der Waals surface area contributed by atoms with Gasteiger partial charge in [0.2, 0.25) is 0 Å². The van der Waals surface area contributed by atoms with Crippen LogP contribution in [0.3, 0.4) is 0 Å². The summed E-state index contributed by atoms with van der Waals surface area (Å²) in [6.07, 6.45) is 6.52. The Morgan fingerprint density at radius 3 is 2.86 bits per heavy atom. The normalized spacial score (nSPS) is 18.6. The van der Waals surface area contributed by atoms with Gasteiger partial charge < -0.3 is 5.32 Å². The predicted molar refractivity (Wildman–Crippen MR) is 60.0 cm³/mol. The zero-order chi connectivity index (χ0) is 9.54. The van der Waals surface area contributed by atoms with E-state index in [-0.39, 0.29) is 0 Å². The molecular formula is C13H17N. The van der Waals surface area contributed by atoms with E-state index in [1.807, 2.05) is 0 Å². The first-order valence-corrected chi connectivity index (χ1v) is 5.74. The topological polar surface area (TPSA) is 12.0 Å². The molecule has 0 spiro atoms. The molecule has 1 heterocycles. The third kappa shape index (κ3) is 1.08. The Morgan fingerprint density at radius 1 is 1.07 bits per heavy atom. The zero-order valence-corrected chi connectivity index (χ0v) is 8.82. The van der Waals surface area contributed by atoms with E-state index in [9.17, 15) is 0 Å². The average molecular weight is 187 g/mol. The fourth-order valence-electron chi connectivity index (χ4n) is 2.95. The van der Waals surface area contributed by atoms with Crippen LogP contribution in [0.1, 0.15) is 35.1 Å². The highest BCUT2D eigenvalue weighted by atomic mass is 14.9. The van der Waals surface area contributed by atoms with Crippen molar-refractivity contribution < 1.29 is 0 Å². The first kappa shape index (κ1) is 8.34. The molecule has 2 aliphatic rings. The highest BCUT2D eigenvalue weighted by Gasteiger charge is 2.21. The van der Waals surface area contributed by atoms with Gasteiger partial charge in [0.15, 0.2) is 0 Å². The molecule has 1 aromatic carbocycles. The number of anilines is 1. The number of benzene rings is 1. The summed E-state index contributed by atoms with van der Waals surface area (Å²) >= 11 is 0. The second-order valence-corrected chi connectivity index (χ2v) is 4.57. The second kappa shape index (κ2) is 3.01. The number of hydrogen-bond acceptors (Lipinski definition) is 1. The summed E-state index contributed by atoms with van der Waals surface area (Å²) in [4.78, 5) is 0. The first-order valence-electron chi connectivity index (χ1n) is 5.74. The lowest BCUT2D eigenvalue weighted by atomic mass is 9.92. The molecule has 14 heavy (non-hydrogen) atoms. The number of fused-ring (bicyclic) bond motifs is 3. The van der Waals surface area contributed by atoms with Gasteiger partial charge in [-0.05, 0) is 61.3 Å². The van der Waals surface area contributed by atoms with Crippen LogP contribution in [0.4, 0.5) is 5.69 Å². The van der Waals surface area contributed by atoms with Gasteiger partial charge in [-0.15, -0.1) is 0 Å². The molecule has 0 saturated heterocycles. The lowest BCUT2D eigenvalue weighted by Crippen LogP contribution is -2.15. The Hall–Kier alpha value is -0.980. The summed E-state index contributed by atoms with van der Waals surface area (Å²) in [5, 5.41) is 3.60. The summed E-state index contributed by atoms with van der Waals surface area (Å²) in [6.45, 7) is 3.44. The van der Waals surface area contributed by atoms with Crippen LogP contribution in [0.2, 0.25) is 0 Å². The minimum Gasteiger partial charge on any atom is -0.385 e. The zero-order valence-electron chi connectivity index (χ0n) is 8.82. The average Bonchev–Trinajstić information content (AvgIpc) is 2.66. The van der Waals surface area contributed by atoms with Crippen LogP contribution in [-0.2, 0) is 19.3 Å². The summed E-state index contributed by atoms with van der Waals surface area (Å²) in [7, 11) is 0. The molecule has 0 radical (unpaired) electrons. The molecule has 0 bridgehead atoms. The summed E-state index contributed by atoms with van der Waals surface area (Å²) < 4.78 is 0. The van der Waals surface area contributed by atoms with Crippen LogP contribution in [0.15, 0.2) is 6.07 Å².